The van der Waals surface area contributed by atoms with Crippen LogP contribution in [0.25, 0.3) is 0 Å². The van der Waals surface area contributed by atoms with E-state index in [-0.39, 0.29) is 5.91 Å². The van der Waals surface area contributed by atoms with Gasteiger partial charge < -0.3 is 14.8 Å². The number of nitrogens with one attached hydrogen (secondary N) is 1. The van der Waals surface area contributed by atoms with Crippen molar-refractivity contribution >= 4 is 29.1 Å². The van der Waals surface area contributed by atoms with Gasteiger partial charge in [-0.05, 0) is 25.1 Å². The van der Waals surface area contributed by atoms with Crippen LogP contribution in [0.1, 0.15) is 6.92 Å². The second-order valence-corrected chi connectivity index (χ2v) is 4.46. The first-order valence-corrected chi connectivity index (χ1v) is 6.18. The van der Waals surface area contributed by atoms with Gasteiger partial charge in [-0.3, -0.25) is 4.79 Å². The van der Waals surface area contributed by atoms with E-state index in [2.05, 4.69) is 5.32 Å². The highest BCUT2D eigenvalue weighted by Crippen LogP contribution is 2.28. The van der Waals surface area contributed by atoms with Crippen LogP contribution >= 0.6 is 23.2 Å². The topological polar surface area (TPSA) is 47.6 Å². The predicted octanol–water partition coefficient (Wildman–Crippen LogP) is 2.52. The van der Waals surface area contributed by atoms with Gasteiger partial charge in [-0.2, -0.15) is 0 Å². The minimum Gasteiger partial charge on any atom is -0.479 e. The fourth-order valence-corrected chi connectivity index (χ4v) is 1.69. The van der Waals surface area contributed by atoms with Crippen LogP contribution in [0.4, 0.5) is 0 Å². The zero-order valence-corrected chi connectivity index (χ0v) is 11.7. The lowest BCUT2D eigenvalue weighted by Crippen LogP contribution is -2.37. The first-order chi connectivity index (χ1) is 8.54. The van der Waals surface area contributed by atoms with Crippen LogP contribution in [0.15, 0.2) is 18.2 Å². The zero-order valence-electron chi connectivity index (χ0n) is 10.2. The van der Waals surface area contributed by atoms with Crippen LogP contribution < -0.4 is 10.1 Å². The van der Waals surface area contributed by atoms with Gasteiger partial charge in [0.25, 0.3) is 5.91 Å². The lowest BCUT2D eigenvalue weighted by Gasteiger charge is -2.15. The Balaban J connectivity index is 2.53. The number of benzene rings is 1. The summed E-state index contributed by atoms with van der Waals surface area (Å²) in [5.74, 6) is 0.202. The Morgan fingerprint density at radius 2 is 2.17 bits per heavy atom. The molecule has 0 aromatic heterocycles. The fraction of sp³-hybridized carbons (Fsp3) is 0.417. The Labute approximate surface area is 116 Å². The van der Waals surface area contributed by atoms with Crippen molar-refractivity contribution in [1.29, 1.82) is 0 Å². The Kier molecular flexibility index (Phi) is 6.25. The summed E-state index contributed by atoms with van der Waals surface area (Å²) < 4.78 is 10.3. The number of ether oxygens (including phenoxy) is 2. The molecule has 0 fully saturated rings. The van der Waals surface area contributed by atoms with Crippen LogP contribution in [0, 0.1) is 0 Å². The molecular formula is C12H15Cl2NO3. The average molecular weight is 292 g/mol. The van der Waals surface area contributed by atoms with E-state index in [0.717, 1.165) is 0 Å². The van der Waals surface area contributed by atoms with Crippen molar-refractivity contribution in [3.63, 3.8) is 0 Å². The summed E-state index contributed by atoms with van der Waals surface area (Å²) >= 11 is 11.7. The Morgan fingerprint density at radius 3 is 2.78 bits per heavy atom. The van der Waals surface area contributed by atoms with Gasteiger partial charge in [-0.15, -0.1) is 0 Å². The highest BCUT2D eigenvalue weighted by molar-refractivity contribution is 6.35. The van der Waals surface area contributed by atoms with E-state index in [1.54, 1.807) is 32.2 Å². The molecule has 6 heteroatoms. The maximum absolute atomic E-state index is 11.6. The molecule has 0 radical (unpaired) electrons. The summed E-state index contributed by atoms with van der Waals surface area (Å²) in [5.41, 5.74) is 0. The molecule has 1 amide bonds. The molecular weight excluding hydrogens is 277 g/mol. The molecule has 0 heterocycles. The molecule has 100 valence electrons. The Morgan fingerprint density at radius 1 is 1.44 bits per heavy atom. The van der Waals surface area contributed by atoms with Gasteiger partial charge >= 0.3 is 0 Å². The second-order valence-electron chi connectivity index (χ2n) is 3.62. The van der Waals surface area contributed by atoms with Gasteiger partial charge in [0.2, 0.25) is 0 Å². The molecule has 0 spiro atoms. The van der Waals surface area contributed by atoms with Crippen LogP contribution in [-0.2, 0) is 9.53 Å². The third-order valence-electron chi connectivity index (χ3n) is 2.17. The molecule has 1 rings (SSSR count). The first-order valence-electron chi connectivity index (χ1n) is 5.43. The number of carbonyl (C=O) groups is 1. The molecule has 1 atom stereocenters. The van der Waals surface area contributed by atoms with Crippen LogP contribution in [0.5, 0.6) is 5.75 Å². The maximum atomic E-state index is 11.6. The lowest BCUT2D eigenvalue weighted by atomic mass is 10.3. The fourth-order valence-electron chi connectivity index (χ4n) is 1.23. The van der Waals surface area contributed by atoms with Gasteiger partial charge in [0.1, 0.15) is 5.75 Å². The van der Waals surface area contributed by atoms with E-state index in [1.165, 1.54) is 0 Å². The minimum atomic E-state index is -0.638. The maximum Gasteiger partial charge on any atom is 0.260 e. The zero-order chi connectivity index (χ0) is 13.5. The monoisotopic (exact) mass is 291 g/mol. The number of hydrogen-bond acceptors (Lipinski definition) is 3. The van der Waals surface area contributed by atoms with Gasteiger partial charge in [-0.25, -0.2) is 0 Å². The molecule has 18 heavy (non-hydrogen) atoms. The van der Waals surface area contributed by atoms with E-state index >= 15 is 0 Å². The minimum absolute atomic E-state index is 0.224. The molecule has 1 N–H and O–H groups in total. The molecule has 4 nitrogen and oxygen atoms in total. The van der Waals surface area contributed by atoms with Crippen molar-refractivity contribution in [2.75, 3.05) is 20.3 Å². The lowest BCUT2D eigenvalue weighted by molar-refractivity contribution is -0.127. The summed E-state index contributed by atoms with van der Waals surface area (Å²) in [5, 5.41) is 3.57. The molecule has 1 aromatic carbocycles. The standard InChI is InChI=1S/C12H15Cl2NO3/c1-8(12(16)15-5-6-17-2)18-11-4-3-9(13)7-10(11)14/h3-4,7-8H,5-6H2,1-2H3,(H,15,16)/t8-/m1/s1. The van der Waals surface area contributed by atoms with Gasteiger partial charge in [0.05, 0.1) is 11.6 Å². The van der Waals surface area contributed by atoms with Gasteiger partial charge in [0, 0.05) is 18.7 Å². The van der Waals surface area contributed by atoms with Crippen LogP contribution in [-0.4, -0.2) is 32.3 Å². The normalized spacial score (nSPS) is 12.0. The SMILES string of the molecule is COCCNC(=O)[C@@H](C)Oc1ccc(Cl)cc1Cl. The largest absolute Gasteiger partial charge is 0.479 e. The second kappa shape index (κ2) is 7.46. The summed E-state index contributed by atoms with van der Waals surface area (Å²) in [6, 6.07) is 4.84. The van der Waals surface area contributed by atoms with Crippen molar-refractivity contribution in [2.45, 2.75) is 13.0 Å². The molecule has 0 aliphatic rings. The van der Waals surface area contributed by atoms with E-state index in [1.807, 2.05) is 0 Å². The van der Waals surface area contributed by atoms with Gasteiger partial charge in [0.15, 0.2) is 6.10 Å². The molecule has 0 unspecified atom stereocenters. The number of rotatable bonds is 6. The Bertz CT molecular complexity index is 412. The summed E-state index contributed by atoms with van der Waals surface area (Å²) in [6.07, 6.45) is -0.638. The highest BCUT2D eigenvalue weighted by Gasteiger charge is 2.15. The molecule has 0 aliphatic heterocycles. The summed E-state index contributed by atoms with van der Waals surface area (Å²) in [4.78, 5) is 11.6. The van der Waals surface area contributed by atoms with E-state index in [4.69, 9.17) is 32.7 Å². The summed E-state index contributed by atoms with van der Waals surface area (Å²) in [6.45, 7) is 2.55. The van der Waals surface area contributed by atoms with Crippen molar-refractivity contribution in [3.05, 3.63) is 28.2 Å². The highest BCUT2D eigenvalue weighted by atomic mass is 35.5. The summed E-state index contributed by atoms with van der Waals surface area (Å²) in [7, 11) is 1.57. The molecule has 0 aliphatic carbocycles. The third-order valence-corrected chi connectivity index (χ3v) is 2.70. The van der Waals surface area contributed by atoms with Gasteiger partial charge in [-0.1, -0.05) is 23.2 Å². The quantitative estimate of drug-likeness (QED) is 0.820. The number of methoxy groups -OCH3 is 1. The number of carbonyl (C=O) groups excluding carboxylic acids is 1. The number of amides is 1. The van der Waals surface area contributed by atoms with Crippen molar-refractivity contribution in [2.24, 2.45) is 0 Å². The number of halogens is 2. The predicted molar refractivity (Wildman–Crippen MR) is 71.4 cm³/mol. The van der Waals surface area contributed by atoms with Crippen molar-refractivity contribution < 1.29 is 14.3 Å². The number of hydrogen-bond donors (Lipinski definition) is 1. The molecule has 1 aromatic rings. The van der Waals surface area contributed by atoms with E-state index in [0.29, 0.717) is 28.9 Å². The van der Waals surface area contributed by atoms with Crippen molar-refractivity contribution in [3.8, 4) is 5.75 Å². The molecule has 0 saturated heterocycles. The third kappa shape index (κ3) is 4.72. The molecule has 0 saturated carbocycles. The smallest absolute Gasteiger partial charge is 0.260 e. The van der Waals surface area contributed by atoms with Crippen molar-refractivity contribution in [1.82, 2.24) is 5.32 Å². The van der Waals surface area contributed by atoms with E-state index in [9.17, 15) is 4.79 Å². The average Bonchev–Trinajstić information content (AvgIpc) is 2.32. The molecule has 0 bridgehead atoms. The Hall–Kier alpha value is -0.970. The van der Waals surface area contributed by atoms with E-state index < -0.39 is 6.10 Å². The van der Waals surface area contributed by atoms with Crippen LogP contribution in [0.3, 0.4) is 0 Å². The van der Waals surface area contributed by atoms with Crippen LogP contribution in [0.2, 0.25) is 10.0 Å². The first kappa shape index (κ1) is 15.1.